The van der Waals surface area contributed by atoms with Crippen molar-refractivity contribution in [3.05, 3.63) is 96.4 Å². The van der Waals surface area contributed by atoms with Gasteiger partial charge in [0.2, 0.25) is 0 Å². The minimum Gasteiger partial charge on any atom is -0.278 e. The van der Waals surface area contributed by atoms with Crippen molar-refractivity contribution in [2.24, 2.45) is 5.10 Å². The van der Waals surface area contributed by atoms with Crippen molar-refractivity contribution in [1.29, 1.82) is 0 Å². The molecule has 0 bridgehead atoms. The Balaban J connectivity index is 0.000000271. The summed E-state index contributed by atoms with van der Waals surface area (Å²) in [6.07, 6.45) is 10.9. The number of para-hydroxylation sites is 1. The first-order valence-corrected chi connectivity index (χ1v) is 10.1. The smallest absolute Gasteiger partial charge is 0.0723 e. The van der Waals surface area contributed by atoms with Gasteiger partial charge in [0, 0.05) is 29.9 Å². The van der Waals surface area contributed by atoms with Gasteiger partial charge in [-0.2, -0.15) is 5.10 Å². The number of allylic oxidation sites excluding steroid dienone is 4. The van der Waals surface area contributed by atoms with E-state index in [-0.39, 0.29) is 17.1 Å². The molecular weight excluding hydrogens is 457 g/mol. The Hall–Kier alpha value is -2.08. The van der Waals surface area contributed by atoms with Gasteiger partial charge >= 0.3 is 33.0 Å². The van der Waals surface area contributed by atoms with Crippen LogP contribution in [0.1, 0.15) is 11.1 Å². The third-order valence-corrected chi connectivity index (χ3v) is 3.35. The third-order valence-electron chi connectivity index (χ3n) is 3.35. The molecule has 2 aromatic carbocycles. The SMILES string of the molecule is F[P-](F)(F)(F)(F)F.[CH]1C=CC=C1.[Fe].c1ccc(C2=NNc3ccccc3C2)cc1. The molecule has 2 aromatic rings. The van der Waals surface area contributed by atoms with Gasteiger partial charge < -0.3 is 0 Å². The minimum absolute atomic E-state index is 0. The summed E-state index contributed by atoms with van der Waals surface area (Å²) in [4.78, 5) is 0. The maximum Gasteiger partial charge on any atom is 0.0723 e. The molecule has 1 aliphatic carbocycles. The molecule has 0 aromatic heterocycles. The van der Waals surface area contributed by atoms with E-state index in [0.717, 1.165) is 17.8 Å². The summed E-state index contributed by atoms with van der Waals surface area (Å²) < 4.78 is 59.2. The summed E-state index contributed by atoms with van der Waals surface area (Å²) in [5.74, 6) is 0. The molecule has 1 N–H and O–H groups in total. The fourth-order valence-electron chi connectivity index (χ4n) is 2.25. The fraction of sp³-hybridized carbons (Fsp3) is 0.0526. The van der Waals surface area contributed by atoms with E-state index < -0.39 is 7.81 Å². The first-order valence-electron chi connectivity index (χ1n) is 8.07. The number of hydrogen-bond acceptors (Lipinski definition) is 2. The van der Waals surface area contributed by atoms with Crippen LogP contribution in [0.25, 0.3) is 0 Å². The van der Waals surface area contributed by atoms with Gasteiger partial charge in [-0.3, -0.25) is 5.43 Å². The molecule has 1 aliphatic heterocycles. The van der Waals surface area contributed by atoms with Crippen LogP contribution in [-0.4, -0.2) is 5.71 Å². The third kappa shape index (κ3) is 12.2. The van der Waals surface area contributed by atoms with Crippen LogP contribution in [-0.2, 0) is 23.5 Å². The molecule has 0 atom stereocenters. The largest absolute Gasteiger partial charge is 0.278 e. The molecule has 10 heteroatoms. The van der Waals surface area contributed by atoms with E-state index in [2.05, 4.69) is 40.9 Å². The molecule has 159 valence electrons. The topological polar surface area (TPSA) is 24.4 Å². The summed E-state index contributed by atoms with van der Waals surface area (Å²) >= 11 is 0. The molecule has 2 nitrogen and oxygen atoms in total. The van der Waals surface area contributed by atoms with E-state index in [1.165, 1.54) is 11.1 Å². The Morgan fingerprint density at radius 3 is 1.76 bits per heavy atom. The Kier molecular flexibility index (Phi) is 7.88. The maximum atomic E-state index is 9.87. The van der Waals surface area contributed by atoms with E-state index in [1.54, 1.807) is 0 Å². The summed E-state index contributed by atoms with van der Waals surface area (Å²) in [5.41, 5.74) is 7.80. The molecule has 0 fully saturated rings. The first kappa shape index (κ1) is 25.0. The molecule has 0 amide bonds. The summed E-state index contributed by atoms with van der Waals surface area (Å²) in [6.45, 7) is 0. The van der Waals surface area contributed by atoms with Crippen LogP contribution in [0.4, 0.5) is 30.9 Å². The van der Waals surface area contributed by atoms with E-state index >= 15 is 0 Å². The average Bonchev–Trinajstić information content (AvgIpc) is 3.19. The second-order valence-electron chi connectivity index (χ2n) is 5.79. The van der Waals surface area contributed by atoms with E-state index in [0.29, 0.717) is 0 Å². The molecule has 29 heavy (non-hydrogen) atoms. The van der Waals surface area contributed by atoms with E-state index in [9.17, 15) is 25.2 Å². The number of rotatable bonds is 1. The predicted octanol–water partition coefficient (Wildman–Crippen LogP) is 7.76. The van der Waals surface area contributed by atoms with Crippen molar-refractivity contribution in [1.82, 2.24) is 0 Å². The monoisotopic (exact) mass is 474 g/mol. The molecule has 2 aliphatic rings. The molecule has 1 heterocycles. The van der Waals surface area contributed by atoms with Gasteiger partial charge in [-0.05, 0) is 17.2 Å². The Morgan fingerprint density at radius 1 is 0.724 bits per heavy atom. The second kappa shape index (κ2) is 9.16. The van der Waals surface area contributed by atoms with Crippen molar-refractivity contribution in [2.75, 3.05) is 5.43 Å². The van der Waals surface area contributed by atoms with Crippen molar-refractivity contribution in [3.63, 3.8) is 0 Å². The molecule has 1 radical (unpaired) electrons. The second-order valence-corrected chi connectivity index (χ2v) is 7.71. The van der Waals surface area contributed by atoms with Crippen LogP contribution in [0.15, 0.2) is 84.0 Å². The number of hydrogen-bond donors (Lipinski definition) is 1. The number of benzene rings is 2. The molecule has 0 spiro atoms. The minimum atomic E-state index is -10.7. The van der Waals surface area contributed by atoms with Crippen molar-refractivity contribution in [2.45, 2.75) is 6.42 Å². The zero-order valence-corrected chi connectivity index (χ0v) is 16.8. The zero-order chi connectivity index (χ0) is 20.7. The Bertz CT molecular complexity index is 873. The number of anilines is 1. The number of nitrogens with zero attached hydrogens (tertiary/aromatic N) is 1. The van der Waals surface area contributed by atoms with Gasteiger partial charge in [0.1, 0.15) is 0 Å². The predicted molar refractivity (Wildman–Crippen MR) is 103 cm³/mol. The van der Waals surface area contributed by atoms with E-state index in [1.807, 2.05) is 55.0 Å². The molecule has 0 saturated carbocycles. The van der Waals surface area contributed by atoms with E-state index in [4.69, 9.17) is 0 Å². The van der Waals surface area contributed by atoms with Crippen molar-refractivity contribution < 1.29 is 42.3 Å². The summed E-state index contributed by atoms with van der Waals surface area (Å²) in [7, 11) is -10.7. The molecule has 4 rings (SSSR count). The number of hydrazone groups is 1. The standard InChI is InChI=1S/C14H12N2.C5H5.F6P.Fe/c1-2-6-11(7-3-1)14-10-12-8-4-5-9-13(12)15-16-14;1-2-4-5-3-1;1-7(2,3,4,5)6;/h1-9,15H,10H2;1-5H;;/q;;-1;. The van der Waals surface area contributed by atoms with Crippen LogP contribution < -0.4 is 5.43 Å². The van der Waals surface area contributed by atoms with Gasteiger partial charge in [-0.1, -0.05) is 72.8 Å². The van der Waals surface area contributed by atoms with Crippen LogP contribution in [0.3, 0.4) is 0 Å². The van der Waals surface area contributed by atoms with Crippen molar-refractivity contribution >= 4 is 19.2 Å². The fourth-order valence-corrected chi connectivity index (χ4v) is 2.25. The average molecular weight is 474 g/mol. The van der Waals surface area contributed by atoms with Crippen LogP contribution in [0.5, 0.6) is 0 Å². The van der Waals surface area contributed by atoms with Crippen LogP contribution >= 0.6 is 7.81 Å². The molecule has 0 unspecified atom stereocenters. The number of halogens is 6. The number of fused-ring (bicyclic) bond motifs is 1. The first-order chi connectivity index (χ1) is 12.9. The number of nitrogens with one attached hydrogen (secondary N) is 1. The van der Waals surface area contributed by atoms with Crippen molar-refractivity contribution in [3.8, 4) is 0 Å². The molecule has 0 saturated heterocycles. The zero-order valence-electron chi connectivity index (χ0n) is 14.8. The summed E-state index contributed by atoms with van der Waals surface area (Å²) in [5, 5.41) is 4.41. The van der Waals surface area contributed by atoms with Crippen LogP contribution in [0.2, 0.25) is 0 Å². The quantitative estimate of drug-likeness (QED) is 0.255. The van der Waals surface area contributed by atoms with Gasteiger partial charge in [-0.25, -0.2) is 0 Å². The normalized spacial score (nSPS) is 16.1. The summed E-state index contributed by atoms with van der Waals surface area (Å²) in [6, 6.07) is 18.6. The van der Waals surface area contributed by atoms with Gasteiger partial charge in [0.25, 0.3) is 0 Å². The molecular formula is C19H17F6FeN2P-. The Labute approximate surface area is 175 Å². The van der Waals surface area contributed by atoms with Gasteiger partial charge in [-0.15, -0.1) is 0 Å². The van der Waals surface area contributed by atoms with Gasteiger partial charge in [0.05, 0.1) is 11.4 Å². The van der Waals surface area contributed by atoms with Gasteiger partial charge in [0.15, 0.2) is 0 Å². The maximum absolute atomic E-state index is 10.7. The Morgan fingerprint density at radius 2 is 1.24 bits per heavy atom. The van der Waals surface area contributed by atoms with Crippen LogP contribution in [0, 0.1) is 6.42 Å².